The summed E-state index contributed by atoms with van der Waals surface area (Å²) in [5.74, 6) is 0.0101. The highest BCUT2D eigenvalue weighted by atomic mass is 32.2. The van der Waals surface area contributed by atoms with Crippen LogP contribution in [-0.2, 0) is 14.8 Å². The smallest absolute Gasteiger partial charge is 0.240 e. The SMILES string of the molecule is CCN(CC)c1ccc(N(CC(=O)NCC(C)C)S(C)(=O)=O)cc1. The Kier molecular flexibility index (Phi) is 7.54. The third-order valence-corrected chi connectivity index (χ3v) is 4.80. The second kappa shape index (κ2) is 8.92. The van der Waals surface area contributed by atoms with Crippen molar-refractivity contribution in [3.63, 3.8) is 0 Å². The molecule has 0 spiro atoms. The van der Waals surface area contributed by atoms with Gasteiger partial charge in [-0.1, -0.05) is 13.8 Å². The molecule has 6 nitrogen and oxygen atoms in total. The molecule has 0 saturated carbocycles. The molecule has 0 fully saturated rings. The van der Waals surface area contributed by atoms with Crippen molar-refractivity contribution in [2.24, 2.45) is 5.92 Å². The lowest BCUT2D eigenvalue weighted by Crippen LogP contribution is -2.41. The first-order chi connectivity index (χ1) is 11.2. The molecule has 0 unspecified atom stereocenters. The minimum atomic E-state index is -3.54. The van der Waals surface area contributed by atoms with Gasteiger partial charge in [0, 0.05) is 25.3 Å². The largest absolute Gasteiger partial charge is 0.372 e. The highest BCUT2D eigenvalue weighted by molar-refractivity contribution is 7.92. The molecule has 0 aromatic heterocycles. The number of nitrogens with zero attached hydrogens (tertiary/aromatic N) is 2. The Morgan fingerprint density at radius 3 is 2.00 bits per heavy atom. The number of carbonyl (C=O) groups is 1. The second-order valence-electron chi connectivity index (χ2n) is 6.16. The van der Waals surface area contributed by atoms with Crippen LogP contribution in [0.2, 0.25) is 0 Å². The third-order valence-electron chi connectivity index (χ3n) is 3.66. The van der Waals surface area contributed by atoms with E-state index in [9.17, 15) is 13.2 Å². The molecule has 136 valence electrons. The van der Waals surface area contributed by atoms with Crippen molar-refractivity contribution in [3.05, 3.63) is 24.3 Å². The molecule has 7 heteroatoms. The molecule has 1 rings (SSSR count). The molecule has 0 heterocycles. The molecular formula is C17H29N3O3S. The van der Waals surface area contributed by atoms with E-state index in [2.05, 4.69) is 24.1 Å². The van der Waals surface area contributed by atoms with E-state index < -0.39 is 10.0 Å². The van der Waals surface area contributed by atoms with Gasteiger partial charge in [-0.25, -0.2) is 8.42 Å². The first-order valence-corrected chi connectivity index (χ1v) is 10.1. The van der Waals surface area contributed by atoms with Gasteiger partial charge in [0.05, 0.1) is 11.9 Å². The maximum absolute atomic E-state index is 12.1. The van der Waals surface area contributed by atoms with Crippen molar-refractivity contribution in [2.45, 2.75) is 27.7 Å². The van der Waals surface area contributed by atoms with Gasteiger partial charge in [0.1, 0.15) is 6.54 Å². The number of hydrogen-bond acceptors (Lipinski definition) is 4. The fourth-order valence-corrected chi connectivity index (χ4v) is 3.18. The normalized spacial score (nSPS) is 11.4. The Balaban J connectivity index is 2.95. The number of nitrogens with one attached hydrogen (secondary N) is 1. The van der Waals surface area contributed by atoms with Gasteiger partial charge in [0.25, 0.3) is 0 Å². The van der Waals surface area contributed by atoms with Crippen molar-refractivity contribution >= 4 is 27.3 Å². The van der Waals surface area contributed by atoms with Crippen LogP contribution >= 0.6 is 0 Å². The van der Waals surface area contributed by atoms with Crippen LogP contribution in [0.1, 0.15) is 27.7 Å². The van der Waals surface area contributed by atoms with Gasteiger partial charge in [0.2, 0.25) is 15.9 Å². The quantitative estimate of drug-likeness (QED) is 0.736. The van der Waals surface area contributed by atoms with Gasteiger partial charge in [-0.2, -0.15) is 0 Å². The monoisotopic (exact) mass is 355 g/mol. The molecule has 0 radical (unpaired) electrons. The van der Waals surface area contributed by atoms with Gasteiger partial charge in [-0.05, 0) is 44.0 Å². The summed E-state index contributed by atoms with van der Waals surface area (Å²) in [4.78, 5) is 14.2. The first kappa shape index (κ1) is 20.3. The van der Waals surface area contributed by atoms with Crippen LogP contribution in [-0.4, -0.2) is 46.8 Å². The van der Waals surface area contributed by atoms with Crippen LogP contribution < -0.4 is 14.5 Å². The van der Waals surface area contributed by atoms with Crippen molar-refractivity contribution < 1.29 is 13.2 Å². The van der Waals surface area contributed by atoms with Gasteiger partial charge >= 0.3 is 0 Å². The molecule has 1 aromatic rings. The molecule has 0 atom stereocenters. The van der Waals surface area contributed by atoms with E-state index in [0.717, 1.165) is 29.3 Å². The van der Waals surface area contributed by atoms with E-state index in [4.69, 9.17) is 0 Å². The lowest BCUT2D eigenvalue weighted by molar-refractivity contribution is -0.119. The third kappa shape index (κ3) is 6.03. The summed E-state index contributed by atoms with van der Waals surface area (Å²) >= 11 is 0. The van der Waals surface area contributed by atoms with E-state index in [1.807, 2.05) is 26.0 Å². The average Bonchev–Trinajstić information content (AvgIpc) is 2.51. The first-order valence-electron chi connectivity index (χ1n) is 8.28. The van der Waals surface area contributed by atoms with Gasteiger partial charge in [-0.3, -0.25) is 9.10 Å². The predicted molar refractivity (Wildman–Crippen MR) is 100 cm³/mol. The lowest BCUT2D eigenvalue weighted by atomic mass is 10.2. The zero-order chi connectivity index (χ0) is 18.3. The fraction of sp³-hybridized carbons (Fsp3) is 0.588. The van der Waals surface area contributed by atoms with Crippen LogP contribution in [0.5, 0.6) is 0 Å². The Labute approximate surface area is 145 Å². The molecule has 0 aliphatic heterocycles. The Hall–Kier alpha value is -1.76. The van der Waals surface area contributed by atoms with Crippen LogP contribution in [0.3, 0.4) is 0 Å². The van der Waals surface area contributed by atoms with Crippen LogP contribution in [0.25, 0.3) is 0 Å². The summed E-state index contributed by atoms with van der Waals surface area (Å²) in [7, 11) is -3.54. The number of benzene rings is 1. The molecule has 1 N–H and O–H groups in total. The highest BCUT2D eigenvalue weighted by Crippen LogP contribution is 2.22. The molecule has 0 saturated heterocycles. The molecule has 0 aliphatic rings. The van der Waals surface area contributed by atoms with Crippen LogP contribution in [0.4, 0.5) is 11.4 Å². The maximum atomic E-state index is 12.1. The van der Waals surface area contributed by atoms with Gasteiger partial charge in [-0.15, -0.1) is 0 Å². The summed E-state index contributed by atoms with van der Waals surface area (Å²) < 4.78 is 25.3. The molecule has 0 bridgehead atoms. The topological polar surface area (TPSA) is 69.7 Å². The zero-order valence-electron chi connectivity index (χ0n) is 15.2. The van der Waals surface area contributed by atoms with Gasteiger partial charge < -0.3 is 10.2 Å². The zero-order valence-corrected chi connectivity index (χ0v) is 16.1. The number of hydrogen-bond donors (Lipinski definition) is 1. The summed E-state index contributed by atoms with van der Waals surface area (Å²) in [6.45, 7) is 10.2. The van der Waals surface area contributed by atoms with E-state index in [1.54, 1.807) is 12.1 Å². The van der Waals surface area contributed by atoms with E-state index in [-0.39, 0.29) is 12.5 Å². The van der Waals surface area contributed by atoms with E-state index in [1.165, 1.54) is 0 Å². The van der Waals surface area contributed by atoms with Crippen LogP contribution in [0.15, 0.2) is 24.3 Å². The van der Waals surface area contributed by atoms with Crippen molar-refractivity contribution in [1.82, 2.24) is 5.32 Å². The van der Waals surface area contributed by atoms with Crippen LogP contribution in [0, 0.1) is 5.92 Å². The predicted octanol–water partition coefficient (Wildman–Crippen LogP) is 2.07. The Morgan fingerprint density at radius 2 is 1.58 bits per heavy atom. The fourth-order valence-electron chi connectivity index (χ4n) is 2.32. The van der Waals surface area contributed by atoms with E-state index >= 15 is 0 Å². The number of carbonyl (C=O) groups excluding carboxylic acids is 1. The number of rotatable bonds is 9. The summed E-state index contributed by atoms with van der Waals surface area (Å²) in [6.07, 6.45) is 1.11. The molecular weight excluding hydrogens is 326 g/mol. The van der Waals surface area contributed by atoms with Crippen molar-refractivity contribution in [1.29, 1.82) is 0 Å². The minimum Gasteiger partial charge on any atom is -0.372 e. The standard InChI is InChI=1S/C17H29N3O3S/c1-6-19(7-2)15-8-10-16(11-9-15)20(24(5,22)23)13-17(21)18-12-14(3)4/h8-11,14H,6-7,12-13H2,1-5H3,(H,18,21). The minimum absolute atomic E-state index is 0.212. The molecule has 24 heavy (non-hydrogen) atoms. The second-order valence-corrected chi connectivity index (χ2v) is 8.06. The van der Waals surface area contributed by atoms with Gasteiger partial charge in [0.15, 0.2) is 0 Å². The highest BCUT2D eigenvalue weighted by Gasteiger charge is 2.21. The number of anilines is 2. The molecule has 1 amide bonds. The number of amides is 1. The lowest BCUT2D eigenvalue weighted by Gasteiger charge is -2.24. The van der Waals surface area contributed by atoms with E-state index in [0.29, 0.717) is 18.2 Å². The maximum Gasteiger partial charge on any atom is 0.240 e. The molecule has 0 aliphatic carbocycles. The average molecular weight is 356 g/mol. The van der Waals surface area contributed by atoms with Crippen molar-refractivity contribution in [2.75, 3.05) is 41.6 Å². The summed E-state index contributed by atoms with van der Waals surface area (Å²) in [5.41, 5.74) is 1.52. The summed E-state index contributed by atoms with van der Waals surface area (Å²) in [6, 6.07) is 7.24. The molecule has 1 aromatic carbocycles. The van der Waals surface area contributed by atoms with Crippen molar-refractivity contribution in [3.8, 4) is 0 Å². The number of sulfonamides is 1. The Bertz CT molecular complexity index is 623. The summed E-state index contributed by atoms with van der Waals surface area (Å²) in [5, 5.41) is 2.75. The Morgan fingerprint density at radius 1 is 1.08 bits per heavy atom.